The zero-order chi connectivity index (χ0) is 15.6. The summed E-state index contributed by atoms with van der Waals surface area (Å²) in [4.78, 5) is 19.6. The van der Waals surface area contributed by atoms with Crippen molar-refractivity contribution in [3.8, 4) is 0 Å². The normalized spacial score (nSPS) is 21.7. The lowest BCUT2D eigenvalue weighted by Gasteiger charge is -2.25. The van der Waals surface area contributed by atoms with Gasteiger partial charge in [0, 0.05) is 33.9 Å². The molecule has 1 amide bonds. The summed E-state index contributed by atoms with van der Waals surface area (Å²) in [5.74, 6) is 0.427. The molecule has 0 bridgehead atoms. The second kappa shape index (κ2) is 6.60. The van der Waals surface area contributed by atoms with Gasteiger partial charge < -0.3 is 19.6 Å². The molecule has 1 aliphatic heterocycles. The van der Waals surface area contributed by atoms with Crippen LogP contribution in [0.15, 0.2) is 12.3 Å². The second-order valence-corrected chi connectivity index (χ2v) is 5.72. The second-order valence-electron chi connectivity index (χ2n) is 5.31. The van der Waals surface area contributed by atoms with Crippen LogP contribution in [0.5, 0.6) is 0 Å². The minimum atomic E-state index is -0.147. The minimum absolute atomic E-state index is 0.0102. The number of amides is 1. The van der Waals surface area contributed by atoms with E-state index in [0.717, 1.165) is 6.42 Å². The molecule has 116 valence electrons. The number of methoxy groups -OCH3 is 1. The molecule has 0 aromatic carbocycles. The summed E-state index contributed by atoms with van der Waals surface area (Å²) in [6.07, 6.45) is 2.28. The molecule has 0 aliphatic carbocycles. The van der Waals surface area contributed by atoms with Gasteiger partial charge in [-0.15, -0.1) is 0 Å². The van der Waals surface area contributed by atoms with E-state index in [1.54, 1.807) is 27.3 Å². The van der Waals surface area contributed by atoms with Crippen LogP contribution in [0.4, 0.5) is 5.82 Å². The van der Waals surface area contributed by atoms with Gasteiger partial charge in [0.1, 0.15) is 5.82 Å². The molecule has 6 nitrogen and oxygen atoms in total. The number of aliphatic hydroxyl groups is 1. The number of ether oxygens (including phenoxy) is 1. The summed E-state index contributed by atoms with van der Waals surface area (Å²) in [5.41, 5.74) is 0.441. The maximum atomic E-state index is 11.9. The van der Waals surface area contributed by atoms with Crippen molar-refractivity contribution in [2.75, 3.05) is 39.3 Å². The molecule has 0 spiro atoms. The summed E-state index contributed by atoms with van der Waals surface area (Å²) in [7, 11) is 5.00. The van der Waals surface area contributed by atoms with E-state index in [-0.39, 0.29) is 24.7 Å². The zero-order valence-electron chi connectivity index (χ0n) is 12.4. The fourth-order valence-electron chi connectivity index (χ4n) is 2.49. The van der Waals surface area contributed by atoms with Gasteiger partial charge in [-0.05, 0) is 12.5 Å². The molecule has 0 unspecified atom stereocenters. The van der Waals surface area contributed by atoms with E-state index < -0.39 is 0 Å². The number of anilines is 1. The van der Waals surface area contributed by atoms with Crippen molar-refractivity contribution in [1.29, 1.82) is 0 Å². The van der Waals surface area contributed by atoms with Crippen molar-refractivity contribution in [3.63, 3.8) is 0 Å². The fraction of sp³-hybridized carbons (Fsp3) is 0.571. The lowest BCUT2D eigenvalue weighted by Crippen LogP contribution is -2.33. The molecule has 1 aromatic heterocycles. The third kappa shape index (κ3) is 3.28. The third-order valence-electron chi connectivity index (χ3n) is 3.67. The summed E-state index contributed by atoms with van der Waals surface area (Å²) in [5, 5.41) is 9.89. The van der Waals surface area contributed by atoms with E-state index >= 15 is 0 Å². The van der Waals surface area contributed by atoms with Crippen LogP contribution in [0.2, 0.25) is 5.02 Å². The van der Waals surface area contributed by atoms with Crippen LogP contribution in [0.3, 0.4) is 0 Å². The summed E-state index contributed by atoms with van der Waals surface area (Å²) in [6, 6.07) is 1.54. The van der Waals surface area contributed by atoms with Crippen molar-refractivity contribution in [1.82, 2.24) is 9.88 Å². The SMILES string of the molecule is CO[C@H]1C[C@@H](CO)N(c2ncc(C(=O)N(C)C)cc2Cl)C1. The molecule has 1 aliphatic rings. The number of hydrogen-bond donors (Lipinski definition) is 1. The van der Waals surface area contributed by atoms with E-state index in [0.29, 0.717) is 22.9 Å². The highest BCUT2D eigenvalue weighted by Crippen LogP contribution is 2.31. The molecule has 1 saturated heterocycles. The minimum Gasteiger partial charge on any atom is -0.394 e. The van der Waals surface area contributed by atoms with Crippen LogP contribution in [0.1, 0.15) is 16.8 Å². The highest BCUT2D eigenvalue weighted by atomic mass is 35.5. The number of rotatable bonds is 4. The Morgan fingerprint density at radius 1 is 1.62 bits per heavy atom. The van der Waals surface area contributed by atoms with Gasteiger partial charge in [-0.2, -0.15) is 0 Å². The van der Waals surface area contributed by atoms with Crippen LogP contribution < -0.4 is 4.90 Å². The van der Waals surface area contributed by atoms with E-state index in [1.807, 2.05) is 4.90 Å². The smallest absolute Gasteiger partial charge is 0.254 e. The standard InChI is InChI=1S/C14H20ClN3O3/c1-17(2)14(20)9-4-12(15)13(16-6-9)18-7-11(21-3)5-10(18)8-19/h4,6,10-11,19H,5,7-8H2,1-3H3/t10-,11-/m0/s1. The Hall–Kier alpha value is -1.37. The van der Waals surface area contributed by atoms with E-state index in [2.05, 4.69) is 4.98 Å². The number of aromatic nitrogens is 1. The molecule has 7 heteroatoms. The van der Waals surface area contributed by atoms with E-state index in [1.165, 1.54) is 11.1 Å². The maximum Gasteiger partial charge on any atom is 0.254 e. The Bertz CT molecular complexity index is 524. The molecular formula is C14H20ClN3O3. The van der Waals surface area contributed by atoms with Crippen LogP contribution in [0, 0.1) is 0 Å². The van der Waals surface area contributed by atoms with Gasteiger partial charge in [0.15, 0.2) is 0 Å². The molecule has 2 heterocycles. The van der Waals surface area contributed by atoms with Crippen LogP contribution in [0.25, 0.3) is 0 Å². The first-order chi connectivity index (χ1) is 9.97. The molecule has 1 N–H and O–H groups in total. The largest absolute Gasteiger partial charge is 0.394 e. The maximum absolute atomic E-state index is 11.9. The summed E-state index contributed by atoms with van der Waals surface area (Å²) < 4.78 is 5.34. The van der Waals surface area contributed by atoms with Crippen LogP contribution in [-0.4, -0.2) is 67.4 Å². The number of aliphatic hydroxyl groups excluding tert-OH is 1. The summed E-state index contributed by atoms with van der Waals surface area (Å²) >= 11 is 6.27. The van der Waals surface area contributed by atoms with Gasteiger partial charge in [-0.3, -0.25) is 4.79 Å². The van der Waals surface area contributed by atoms with Crippen molar-refractivity contribution < 1.29 is 14.6 Å². The van der Waals surface area contributed by atoms with Crippen molar-refractivity contribution >= 4 is 23.3 Å². The van der Waals surface area contributed by atoms with Gasteiger partial charge in [0.25, 0.3) is 5.91 Å². The molecular weight excluding hydrogens is 294 g/mol. The average molecular weight is 314 g/mol. The van der Waals surface area contributed by atoms with E-state index in [4.69, 9.17) is 16.3 Å². The predicted octanol–water partition coefficient (Wildman–Crippen LogP) is 1.02. The third-order valence-corrected chi connectivity index (χ3v) is 3.95. The lowest BCUT2D eigenvalue weighted by atomic mass is 10.2. The van der Waals surface area contributed by atoms with Crippen molar-refractivity contribution in [3.05, 3.63) is 22.8 Å². The monoisotopic (exact) mass is 313 g/mol. The quantitative estimate of drug-likeness (QED) is 0.899. The van der Waals surface area contributed by atoms with Gasteiger partial charge in [0.2, 0.25) is 0 Å². The Kier molecular flexibility index (Phi) is 5.03. The fourth-order valence-corrected chi connectivity index (χ4v) is 2.77. The Balaban J connectivity index is 2.26. The molecule has 2 atom stereocenters. The van der Waals surface area contributed by atoms with Gasteiger partial charge >= 0.3 is 0 Å². The zero-order valence-corrected chi connectivity index (χ0v) is 13.2. The van der Waals surface area contributed by atoms with Crippen molar-refractivity contribution in [2.24, 2.45) is 0 Å². The lowest BCUT2D eigenvalue weighted by molar-refractivity contribution is 0.0827. The molecule has 21 heavy (non-hydrogen) atoms. The molecule has 1 aromatic rings. The first kappa shape index (κ1) is 16.0. The molecule has 0 saturated carbocycles. The predicted molar refractivity (Wildman–Crippen MR) is 80.9 cm³/mol. The number of hydrogen-bond acceptors (Lipinski definition) is 5. The topological polar surface area (TPSA) is 65.9 Å². The molecule has 2 rings (SSSR count). The molecule has 0 radical (unpaired) electrons. The Labute approximate surface area is 129 Å². The van der Waals surface area contributed by atoms with Crippen LogP contribution in [-0.2, 0) is 4.74 Å². The van der Waals surface area contributed by atoms with Crippen molar-refractivity contribution in [2.45, 2.75) is 18.6 Å². The number of carbonyl (C=O) groups excluding carboxylic acids is 1. The Morgan fingerprint density at radius 3 is 2.86 bits per heavy atom. The summed E-state index contributed by atoms with van der Waals surface area (Å²) in [6.45, 7) is 0.631. The van der Waals surface area contributed by atoms with Gasteiger partial charge in [-0.25, -0.2) is 4.98 Å². The Morgan fingerprint density at radius 2 is 2.33 bits per heavy atom. The van der Waals surface area contributed by atoms with Gasteiger partial charge in [0.05, 0.1) is 29.3 Å². The number of halogens is 1. The van der Waals surface area contributed by atoms with Crippen LogP contribution >= 0.6 is 11.6 Å². The number of carbonyl (C=O) groups is 1. The highest BCUT2D eigenvalue weighted by molar-refractivity contribution is 6.33. The first-order valence-electron chi connectivity index (χ1n) is 6.75. The number of pyridine rings is 1. The average Bonchev–Trinajstić information content (AvgIpc) is 2.89. The van der Waals surface area contributed by atoms with E-state index in [9.17, 15) is 9.90 Å². The highest BCUT2D eigenvalue weighted by Gasteiger charge is 2.33. The first-order valence-corrected chi connectivity index (χ1v) is 7.13. The van der Waals surface area contributed by atoms with Gasteiger partial charge in [-0.1, -0.05) is 11.6 Å². The molecule has 1 fully saturated rings. The number of nitrogens with zero attached hydrogens (tertiary/aromatic N) is 3.